The number of ether oxygens (including phenoxy) is 1. The summed E-state index contributed by atoms with van der Waals surface area (Å²) >= 11 is 0. The molecule has 1 aliphatic rings. The van der Waals surface area contributed by atoms with Gasteiger partial charge >= 0.3 is 5.97 Å². The number of hydrogen-bond donors (Lipinski definition) is 0. The number of rotatable bonds is 7. The molecule has 0 saturated heterocycles. The van der Waals surface area contributed by atoms with Crippen LogP contribution in [0, 0.1) is 11.8 Å². The molecule has 0 fully saturated rings. The first-order valence-corrected chi connectivity index (χ1v) is 9.65. The number of furan rings is 1. The van der Waals surface area contributed by atoms with E-state index in [1.807, 2.05) is 13.8 Å². The third-order valence-corrected chi connectivity index (χ3v) is 4.81. The first kappa shape index (κ1) is 21.2. The molecule has 1 aromatic heterocycles. The maximum absolute atomic E-state index is 12.6. The summed E-state index contributed by atoms with van der Waals surface area (Å²) in [7, 11) is 0. The zero-order valence-electron chi connectivity index (χ0n) is 16.8. The molecule has 1 aliphatic carbocycles. The van der Waals surface area contributed by atoms with Gasteiger partial charge in [-0.05, 0) is 19.2 Å². The van der Waals surface area contributed by atoms with Crippen LogP contribution in [0.1, 0.15) is 62.9 Å². The predicted molar refractivity (Wildman–Crippen MR) is 107 cm³/mol. The summed E-state index contributed by atoms with van der Waals surface area (Å²) in [4.78, 5) is 51.5. The number of carbonyl (C=O) groups is 4. The number of nitrogens with zero attached hydrogens (tertiary/aromatic N) is 1. The van der Waals surface area contributed by atoms with E-state index in [0.717, 1.165) is 13.1 Å². The van der Waals surface area contributed by atoms with Gasteiger partial charge in [0.15, 0.2) is 23.9 Å². The Morgan fingerprint density at radius 1 is 1.00 bits per heavy atom. The van der Waals surface area contributed by atoms with Crippen molar-refractivity contribution in [1.29, 1.82) is 0 Å². The number of ketones is 3. The Bertz CT molecular complexity index is 1010. The largest absolute Gasteiger partial charge is 0.452 e. The smallest absolute Gasteiger partial charge is 0.314 e. The highest BCUT2D eigenvalue weighted by Crippen LogP contribution is 2.30. The van der Waals surface area contributed by atoms with E-state index in [-0.39, 0.29) is 34.8 Å². The molecule has 154 valence electrons. The lowest BCUT2D eigenvalue weighted by Crippen LogP contribution is -2.23. The molecule has 0 aliphatic heterocycles. The van der Waals surface area contributed by atoms with E-state index in [0.29, 0.717) is 6.54 Å². The van der Waals surface area contributed by atoms with Crippen LogP contribution in [0.4, 0.5) is 0 Å². The summed E-state index contributed by atoms with van der Waals surface area (Å²) in [5.74, 6) is 2.93. The fourth-order valence-corrected chi connectivity index (χ4v) is 3.06. The summed E-state index contributed by atoms with van der Waals surface area (Å²) in [6, 6.07) is 7.59. The van der Waals surface area contributed by atoms with Gasteiger partial charge in [0, 0.05) is 11.1 Å². The molecule has 0 saturated carbocycles. The SMILES string of the molecule is CCN(CC)CC#CCOC(=O)CC(=O)c1cc2c(o1)C(=O)c1ccccc1C2=O. The third kappa shape index (κ3) is 4.39. The molecule has 0 bridgehead atoms. The zero-order chi connectivity index (χ0) is 21.7. The number of esters is 1. The van der Waals surface area contributed by atoms with Gasteiger partial charge < -0.3 is 9.15 Å². The first-order valence-electron chi connectivity index (χ1n) is 9.65. The average molecular weight is 407 g/mol. The Kier molecular flexibility index (Phi) is 6.60. The van der Waals surface area contributed by atoms with Gasteiger partial charge in [0.1, 0.15) is 6.42 Å². The van der Waals surface area contributed by atoms with Crippen molar-refractivity contribution in [3.8, 4) is 11.8 Å². The lowest BCUT2D eigenvalue weighted by atomic mass is 9.88. The number of Topliss-reactive ketones (excluding diaryl/α,β-unsaturated/α-hetero) is 1. The van der Waals surface area contributed by atoms with Crippen LogP contribution in [0.5, 0.6) is 0 Å². The van der Waals surface area contributed by atoms with Gasteiger partial charge in [0.2, 0.25) is 11.6 Å². The molecular formula is C23H21NO6. The number of carbonyl (C=O) groups excluding carboxylic acids is 4. The fraction of sp³-hybridized carbons (Fsp3) is 0.304. The second kappa shape index (κ2) is 9.33. The van der Waals surface area contributed by atoms with E-state index in [4.69, 9.17) is 9.15 Å². The molecule has 30 heavy (non-hydrogen) atoms. The second-order valence-corrected chi connectivity index (χ2v) is 6.63. The average Bonchev–Trinajstić information content (AvgIpc) is 3.21. The van der Waals surface area contributed by atoms with Gasteiger partial charge in [-0.25, -0.2) is 0 Å². The Hall–Kier alpha value is -3.50. The van der Waals surface area contributed by atoms with Crippen molar-refractivity contribution < 1.29 is 28.3 Å². The molecule has 0 atom stereocenters. The maximum atomic E-state index is 12.6. The van der Waals surface area contributed by atoms with Gasteiger partial charge in [-0.15, -0.1) is 0 Å². The van der Waals surface area contributed by atoms with E-state index in [1.165, 1.54) is 12.1 Å². The van der Waals surface area contributed by atoms with E-state index in [9.17, 15) is 19.2 Å². The summed E-state index contributed by atoms with van der Waals surface area (Å²) in [6.45, 7) is 6.28. The molecule has 1 heterocycles. The predicted octanol–water partition coefficient (Wildman–Crippen LogP) is 2.52. The second-order valence-electron chi connectivity index (χ2n) is 6.63. The molecular weight excluding hydrogens is 386 g/mol. The Labute approximate surface area is 174 Å². The van der Waals surface area contributed by atoms with E-state index >= 15 is 0 Å². The molecule has 0 amide bonds. The summed E-state index contributed by atoms with van der Waals surface area (Å²) in [6.07, 6.45) is -0.570. The Balaban J connectivity index is 1.61. The highest BCUT2D eigenvalue weighted by atomic mass is 16.5. The van der Waals surface area contributed by atoms with Gasteiger partial charge in [-0.3, -0.25) is 24.1 Å². The third-order valence-electron chi connectivity index (χ3n) is 4.81. The Morgan fingerprint density at radius 2 is 1.67 bits per heavy atom. The lowest BCUT2D eigenvalue weighted by molar-refractivity contribution is -0.141. The van der Waals surface area contributed by atoms with Crippen molar-refractivity contribution in [3.05, 3.63) is 58.5 Å². The summed E-state index contributed by atoms with van der Waals surface area (Å²) < 4.78 is 10.3. The minimum atomic E-state index is -0.757. The van der Waals surface area contributed by atoms with Crippen LogP contribution in [-0.4, -0.2) is 54.5 Å². The maximum Gasteiger partial charge on any atom is 0.314 e. The monoisotopic (exact) mass is 407 g/mol. The van der Waals surface area contributed by atoms with Crippen molar-refractivity contribution in [2.45, 2.75) is 20.3 Å². The van der Waals surface area contributed by atoms with Crippen LogP contribution in [0.25, 0.3) is 0 Å². The number of hydrogen-bond acceptors (Lipinski definition) is 7. The van der Waals surface area contributed by atoms with Crippen LogP contribution < -0.4 is 0 Å². The molecule has 0 radical (unpaired) electrons. The van der Waals surface area contributed by atoms with Crippen molar-refractivity contribution in [3.63, 3.8) is 0 Å². The van der Waals surface area contributed by atoms with Gasteiger partial charge in [0.05, 0.1) is 12.1 Å². The lowest BCUT2D eigenvalue weighted by Gasteiger charge is -2.13. The summed E-state index contributed by atoms with van der Waals surface area (Å²) in [5, 5.41) is 0. The molecule has 0 unspecified atom stereocenters. The molecule has 0 spiro atoms. The van der Waals surface area contributed by atoms with Crippen LogP contribution in [0.3, 0.4) is 0 Å². The number of benzene rings is 1. The molecule has 0 N–H and O–H groups in total. The normalized spacial score (nSPS) is 12.1. The van der Waals surface area contributed by atoms with Crippen LogP contribution >= 0.6 is 0 Å². The van der Waals surface area contributed by atoms with Crippen molar-refractivity contribution >= 4 is 23.3 Å². The zero-order valence-corrected chi connectivity index (χ0v) is 16.8. The molecule has 1 aromatic carbocycles. The molecule has 3 rings (SSSR count). The topological polar surface area (TPSA) is 93.9 Å². The van der Waals surface area contributed by atoms with Gasteiger partial charge in [-0.2, -0.15) is 0 Å². The first-order chi connectivity index (χ1) is 14.5. The minimum absolute atomic E-state index is 0.0256. The minimum Gasteiger partial charge on any atom is -0.452 e. The summed E-state index contributed by atoms with van der Waals surface area (Å²) in [5.41, 5.74) is 0.515. The van der Waals surface area contributed by atoms with Crippen LogP contribution in [-0.2, 0) is 9.53 Å². The van der Waals surface area contributed by atoms with Gasteiger partial charge in [-0.1, -0.05) is 50.0 Å². The molecule has 2 aromatic rings. The van der Waals surface area contributed by atoms with Crippen LogP contribution in [0.15, 0.2) is 34.7 Å². The van der Waals surface area contributed by atoms with E-state index in [2.05, 4.69) is 16.7 Å². The highest BCUT2D eigenvalue weighted by molar-refractivity contribution is 6.28. The van der Waals surface area contributed by atoms with Crippen molar-refractivity contribution in [2.24, 2.45) is 0 Å². The van der Waals surface area contributed by atoms with Gasteiger partial charge in [0.25, 0.3) is 0 Å². The van der Waals surface area contributed by atoms with Crippen LogP contribution in [0.2, 0.25) is 0 Å². The number of fused-ring (bicyclic) bond motifs is 2. The van der Waals surface area contributed by atoms with Crippen molar-refractivity contribution in [2.75, 3.05) is 26.2 Å². The quantitative estimate of drug-likeness (QED) is 0.257. The molecule has 7 nitrogen and oxygen atoms in total. The van der Waals surface area contributed by atoms with E-state index in [1.54, 1.807) is 18.2 Å². The fourth-order valence-electron chi connectivity index (χ4n) is 3.06. The van der Waals surface area contributed by atoms with Crippen molar-refractivity contribution in [1.82, 2.24) is 4.90 Å². The molecule has 7 heteroatoms. The van der Waals surface area contributed by atoms with E-state index < -0.39 is 29.7 Å². The highest BCUT2D eigenvalue weighted by Gasteiger charge is 2.34. The Morgan fingerprint density at radius 3 is 2.33 bits per heavy atom. The standard InChI is InChI=1S/C23H21NO6/c1-3-24(4-2)11-7-8-12-29-20(26)14-18(25)19-13-17-21(27)15-9-5-6-10-16(15)22(28)23(17)30-19/h5-6,9-10,13H,3-4,11-12,14H2,1-2H3.